The van der Waals surface area contributed by atoms with Crippen molar-refractivity contribution in [3.8, 4) is 22.3 Å². The molecule has 4 nitrogen and oxygen atoms in total. The highest BCUT2D eigenvalue weighted by Crippen LogP contribution is 2.54. The molecule has 0 radical (unpaired) electrons. The third-order valence-corrected chi connectivity index (χ3v) is 21.6. The number of para-hydroxylation sites is 1. The Balaban J connectivity index is 0.758. The normalized spacial score (nSPS) is 12.6. The van der Waals surface area contributed by atoms with E-state index in [-0.39, 0.29) is 6.04 Å². The second-order valence-corrected chi connectivity index (χ2v) is 28.9. The number of hydrogen-bond acceptors (Lipinski definition) is 4. The van der Waals surface area contributed by atoms with Crippen molar-refractivity contribution < 1.29 is 0 Å². The second-order valence-electron chi connectivity index (χ2n) is 28.9. The van der Waals surface area contributed by atoms with Crippen LogP contribution in [0.25, 0.3) is 86.9 Å². The molecule has 1 aliphatic rings. The van der Waals surface area contributed by atoms with E-state index in [1.165, 1.54) is 82.0 Å². The predicted octanol–water partition coefficient (Wildman–Crippen LogP) is 30.1. The van der Waals surface area contributed by atoms with Gasteiger partial charge in [0.2, 0.25) is 0 Å². The fourth-order valence-electron chi connectivity index (χ4n) is 16.3. The summed E-state index contributed by atoms with van der Waals surface area (Å²) in [5, 5.41) is 13.9. The SMILES string of the molecule is C=C/C=C\C=C\N(c1ccccc1)c1ccccccc(-c2ccccccc(N(c3ccc(Cc4ccc(N(c5ccc(C)cc5)c5c6ccccc6c(-c6c7ccccc7c(N(c7ccc(C)cc7)c7ccc(C)cc7)c7ccccc67)c6ccccc56)cc4)cc3)C3C=CC=CC3)c3ccccc23)c2ccccc12. The van der Waals surface area contributed by atoms with Crippen LogP contribution < -0.4 is 19.6 Å². The number of aryl methyl sites for hydroxylation is 3. The molecule has 112 heavy (non-hydrogen) atoms. The molecular formula is C108H86N4. The van der Waals surface area contributed by atoms with Gasteiger partial charge < -0.3 is 19.6 Å². The predicted molar refractivity (Wildman–Crippen MR) is 483 cm³/mol. The molecule has 16 aromatic rings. The van der Waals surface area contributed by atoms with Gasteiger partial charge in [-0.05, 0) is 190 Å². The van der Waals surface area contributed by atoms with Gasteiger partial charge in [-0.3, -0.25) is 0 Å². The topological polar surface area (TPSA) is 13.0 Å². The molecule has 0 heterocycles. The lowest BCUT2D eigenvalue weighted by Gasteiger charge is -2.33. The van der Waals surface area contributed by atoms with E-state index >= 15 is 0 Å². The van der Waals surface area contributed by atoms with Crippen molar-refractivity contribution in [1.29, 1.82) is 0 Å². The summed E-state index contributed by atoms with van der Waals surface area (Å²) in [4.78, 5) is 9.77. The van der Waals surface area contributed by atoms with Crippen molar-refractivity contribution in [3.63, 3.8) is 0 Å². The zero-order valence-corrected chi connectivity index (χ0v) is 63.4. The fourth-order valence-corrected chi connectivity index (χ4v) is 16.3. The van der Waals surface area contributed by atoms with Gasteiger partial charge in [0.25, 0.3) is 0 Å². The monoisotopic (exact) mass is 1440 g/mol. The van der Waals surface area contributed by atoms with Gasteiger partial charge >= 0.3 is 0 Å². The van der Waals surface area contributed by atoms with Crippen LogP contribution >= 0.6 is 0 Å². The highest BCUT2D eigenvalue weighted by atomic mass is 15.2. The molecule has 538 valence electrons. The number of benzene rings is 14. The van der Waals surface area contributed by atoms with Crippen LogP contribution in [0.2, 0.25) is 0 Å². The summed E-state index contributed by atoms with van der Waals surface area (Å²) in [5.74, 6) is 0. The quantitative estimate of drug-likeness (QED) is 0.0627. The summed E-state index contributed by atoms with van der Waals surface area (Å²) < 4.78 is 0. The Bertz CT molecular complexity index is 6270. The van der Waals surface area contributed by atoms with Crippen LogP contribution in [0.15, 0.2) is 431 Å². The summed E-state index contributed by atoms with van der Waals surface area (Å²) in [6.07, 6.45) is 20.6. The minimum absolute atomic E-state index is 0.0375. The van der Waals surface area contributed by atoms with E-state index in [1.807, 2.05) is 12.2 Å². The van der Waals surface area contributed by atoms with Crippen molar-refractivity contribution in [2.45, 2.75) is 39.7 Å². The van der Waals surface area contributed by atoms with E-state index in [0.29, 0.717) is 0 Å². The first-order chi connectivity index (χ1) is 55.3. The van der Waals surface area contributed by atoms with E-state index in [4.69, 9.17) is 0 Å². The molecule has 0 amide bonds. The molecule has 0 fully saturated rings. The first-order valence-electron chi connectivity index (χ1n) is 38.8. The first kappa shape index (κ1) is 70.9. The first-order valence-corrected chi connectivity index (χ1v) is 38.8. The van der Waals surface area contributed by atoms with Crippen molar-refractivity contribution in [1.82, 2.24) is 0 Å². The number of rotatable bonds is 18. The van der Waals surface area contributed by atoms with Gasteiger partial charge in [-0.1, -0.05) is 351 Å². The van der Waals surface area contributed by atoms with Crippen LogP contribution in [-0.2, 0) is 6.42 Å². The molecular weight excluding hydrogens is 1350 g/mol. The average molecular weight is 1440 g/mol. The van der Waals surface area contributed by atoms with E-state index < -0.39 is 0 Å². The Kier molecular flexibility index (Phi) is 20.5. The third-order valence-electron chi connectivity index (χ3n) is 21.6. The average Bonchev–Trinajstić information content (AvgIpc) is 0.706. The van der Waals surface area contributed by atoms with Gasteiger partial charge in [0.1, 0.15) is 0 Å². The molecule has 1 atom stereocenters. The van der Waals surface area contributed by atoms with Gasteiger partial charge in [-0.2, -0.15) is 0 Å². The third kappa shape index (κ3) is 14.3. The molecule has 0 aliphatic heterocycles. The number of fused-ring (bicyclic) bond motifs is 6. The molecule has 0 bridgehead atoms. The number of hydrogen-bond donors (Lipinski definition) is 0. The largest absolute Gasteiger partial charge is 0.334 e. The molecule has 1 unspecified atom stereocenters. The Labute approximate surface area is 658 Å². The minimum atomic E-state index is 0.0375. The molecule has 0 N–H and O–H groups in total. The zero-order chi connectivity index (χ0) is 75.7. The van der Waals surface area contributed by atoms with Crippen LogP contribution in [0, 0.1) is 20.8 Å². The van der Waals surface area contributed by atoms with Crippen LogP contribution in [0.1, 0.15) is 34.2 Å². The maximum atomic E-state index is 3.92. The second kappa shape index (κ2) is 32.4. The lowest BCUT2D eigenvalue weighted by Crippen LogP contribution is -2.29. The lowest BCUT2D eigenvalue weighted by atomic mass is 9.84. The van der Waals surface area contributed by atoms with Gasteiger partial charge in [-0.15, -0.1) is 0 Å². The molecule has 0 saturated carbocycles. The van der Waals surface area contributed by atoms with Crippen molar-refractivity contribution >= 4 is 122 Å². The van der Waals surface area contributed by atoms with Crippen molar-refractivity contribution in [2.75, 3.05) is 19.6 Å². The van der Waals surface area contributed by atoms with Crippen molar-refractivity contribution in [3.05, 3.63) is 459 Å². The minimum Gasteiger partial charge on any atom is -0.334 e. The molecule has 0 aromatic heterocycles. The Hall–Kier alpha value is -14.1. The Morgan fingerprint density at radius 1 is 0.295 bits per heavy atom. The Morgan fingerprint density at radius 3 is 1.04 bits per heavy atom. The fraction of sp³-hybridized carbons (Fsp3) is 0.0556. The summed E-state index contributed by atoms with van der Waals surface area (Å²) in [5.41, 5.74) is 21.7. The summed E-state index contributed by atoms with van der Waals surface area (Å²) in [6.45, 7) is 10.4. The summed E-state index contributed by atoms with van der Waals surface area (Å²) >= 11 is 0. The molecule has 0 saturated heterocycles. The maximum Gasteiger partial charge on any atom is 0.0618 e. The standard InChI is InChI=1S/C108H86N4/c1-5-6-7-34-75-109(82-35-14-12-15-36-82)103-53-20-10-8-18-39-89(91-41-22-24-43-93(91)103)90-40-19-9-11-21-54-104(94-44-25-23-42-92(90)94)110(83-37-16-13-17-38-83)84-71-61-80(62-72-84)76-81-63-73-88(74-64-81)112(87-69-59-79(4)60-70-87)108-101-51-32-28-47-97(101)106(98-48-29-33-52-102(98)108)105-95-45-26-30-49-99(95)107(100-50-31-27-46-96(100)105)111(85-65-55-77(2)56-66-85)86-67-57-78(3)58-68-86/h5-37,39-75,83H,1,38,76H2,2-4H3/b7-6-,10-8?,11-9?,18-8?,19-9?,20-10?,21-11?,39-18?,40-19?,53-20?,54-21?,75-34+,89-39?,90-40?,91-89?,92-90?,103-53?,103-93?,104-54?,104-94?. The summed E-state index contributed by atoms with van der Waals surface area (Å²) in [7, 11) is 0. The molecule has 4 heteroatoms. The van der Waals surface area contributed by atoms with E-state index in [9.17, 15) is 0 Å². The van der Waals surface area contributed by atoms with Crippen LogP contribution in [0.5, 0.6) is 0 Å². The van der Waals surface area contributed by atoms with E-state index in [1.54, 1.807) is 6.08 Å². The van der Waals surface area contributed by atoms with Gasteiger partial charge in [0.15, 0.2) is 0 Å². The highest BCUT2D eigenvalue weighted by molar-refractivity contribution is 6.31. The molecule has 16 aromatic carbocycles. The number of anilines is 10. The highest BCUT2D eigenvalue weighted by Gasteiger charge is 2.28. The number of nitrogens with zero attached hydrogens (tertiary/aromatic N) is 4. The van der Waals surface area contributed by atoms with E-state index in [2.05, 4.69) is 454 Å². The summed E-state index contributed by atoms with van der Waals surface area (Å²) in [6, 6.07) is 137. The Morgan fingerprint density at radius 2 is 0.634 bits per heavy atom. The molecule has 1 aliphatic carbocycles. The van der Waals surface area contributed by atoms with Gasteiger partial charge in [0.05, 0.1) is 23.1 Å². The number of allylic oxidation sites excluding steroid dienone is 6. The van der Waals surface area contributed by atoms with Crippen LogP contribution in [0.3, 0.4) is 0 Å². The molecule has 0 spiro atoms. The maximum absolute atomic E-state index is 3.92. The zero-order valence-electron chi connectivity index (χ0n) is 63.4. The smallest absolute Gasteiger partial charge is 0.0618 e. The van der Waals surface area contributed by atoms with Crippen LogP contribution in [0.4, 0.5) is 56.9 Å². The van der Waals surface area contributed by atoms with Crippen LogP contribution in [-0.4, -0.2) is 6.04 Å². The van der Waals surface area contributed by atoms with Crippen molar-refractivity contribution in [2.24, 2.45) is 0 Å². The molecule has 17 rings (SSSR count). The lowest BCUT2D eigenvalue weighted by molar-refractivity contribution is 0.787. The van der Waals surface area contributed by atoms with Gasteiger partial charge in [0, 0.05) is 78.3 Å². The van der Waals surface area contributed by atoms with E-state index in [0.717, 1.165) is 102 Å². The van der Waals surface area contributed by atoms with Gasteiger partial charge in [-0.25, -0.2) is 0 Å².